The monoisotopic (exact) mass is 532 g/mol. The maximum absolute atomic E-state index is 13.2. The normalized spacial score (nSPS) is 14.9. The number of aryl methyl sites for hydroxylation is 4. The predicted molar refractivity (Wildman–Crippen MR) is 139 cm³/mol. The molecule has 0 unspecified atom stereocenters. The summed E-state index contributed by atoms with van der Waals surface area (Å²) in [5.41, 5.74) is 6.01. The van der Waals surface area contributed by atoms with Crippen LogP contribution in [-0.4, -0.2) is 17.8 Å². The molecule has 0 radical (unpaired) electrons. The van der Waals surface area contributed by atoms with Crippen molar-refractivity contribution in [1.29, 1.82) is 0 Å². The Morgan fingerprint density at radius 2 is 1.60 bits per heavy atom. The molecule has 1 saturated heterocycles. The quantitative estimate of drug-likeness (QED) is 0.326. The maximum Gasteiger partial charge on any atom is 0.335 e. The molecule has 0 aliphatic carbocycles. The summed E-state index contributed by atoms with van der Waals surface area (Å²) in [5.74, 6) is -0.760. The molecule has 7 heteroatoms. The molecule has 3 aromatic rings. The maximum atomic E-state index is 13.2. The highest BCUT2D eigenvalue weighted by atomic mass is 79.9. The first-order chi connectivity index (χ1) is 16.6. The van der Waals surface area contributed by atoms with Crippen LogP contribution in [0.25, 0.3) is 6.08 Å². The highest BCUT2D eigenvalue weighted by Crippen LogP contribution is 2.30. The molecule has 1 heterocycles. The van der Waals surface area contributed by atoms with Crippen molar-refractivity contribution in [3.8, 4) is 5.75 Å². The summed E-state index contributed by atoms with van der Waals surface area (Å²) in [6.45, 7) is 8.19. The number of ether oxygens (including phenoxy) is 1. The molecule has 178 valence electrons. The average molecular weight is 533 g/mol. The minimum atomic E-state index is -0.762. The van der Waals surface area contributed by atoms with Crippen molar-refractivity contribution in [2.45, 2.75) is 34.3 Å². The number of carbonyl (C=O) groups is 3. The molecule has 0 bridgehead atoms. The van der Waals surface area contributed by atoms with E-state index in [4.69, 9.17) is 4.74 Å². The van der Waals surface area contributed by atoms with Crippen molar-refractivity contribution in [3.05, 3.63) is 98.0 Å². The van der Waals surface area contributed by atoms with Gasteiger partial charge in [-0.05, 0) is 90.2 Å². The molecular weight excluding hydrogens is 508 g/mol. The summed E-state index contributed by atoms with van der Waals surface area (Å²) < 4.78 is 6.65. The van der Waals surface area contributed by atoms with Gasteiger partial charge in [-0.2, -0.15) is 0 Å². The van der Waals surface area contributed by atoms with E-state index in [2.05, 4.69) is 39.4 Å². The molecule has 4 amide bonds. The van der Waals surface area contributed by atoms with Crippen molar-refractivity contribution in [2.75, 3.05) is 4.90 Å². The lowest BCUT2D eigenvalue weighted by atomic mass is 10.0. The average Bonchev–Trinajstić information content (AvgIpc) is 2.77. The van der Waals surface area contributed by atoms with E-state index in [1.165, 1.54) is 17.2 Å². The Hall–Kier alpha value is -3.71. The lowest BCUT2D eigenvalue weighted by molar-refractivity contribution is -0.122. The molecule has 1 aliphatic rings. The van der Waals surface area contributed by atoms with Gasteiger partial charge in [-0.15, -0.1) is 0 Å². The lowest BCUT2D eigenvalue weighted by Crippen LogP contribution is -2.54. The Balaban J connectivity index is 1.58. The van der Waals surface area contributed by atoms with Gasteiger partial charge in [0.05, 0.1) is 10.2 Å². The van der Waals surface area contributed by atoms with E-state index in [1.54, 1.807) is 24.3 Å². The number of urea groups is 1. The van der Waals surface area contributed by atoms with E-state index in [-0.39, 0.29) is 5.57 Å². The van der Waals surface area contributed by atoms with E-state index >= 15 is 0 Å². The SMILES string of the molecule is Cc1cc(C)cc(COc2ccc(/C=C3\C(=O)NC(=O)N(c4cc(C)ccc4C)C3=O)cc2Br)c1. The van der Waals surface area contributed by atoms with Gasteiger partial charge >= 0.3 is 6.03 Å². The molecule has 1 aliphatic heterocycles. The van der Waals surface area contributed by atoms with Gasteiger partial charge in [0.25, 0.3) is 11.8 Å². The number of halogens is 1. The molecule has 0 aromatic heterocycles. The third-order valence-corrected chi connectivity index (χ3v) is 6.27. The standard InChI is InChI=1S/C28H25BrN2O4/c1-16-5-6-19(4)24(12-16)31-27(33)22(26(32)30-28(31)34)13-20-7-8-25(23(29)14-20)35-15-21-10-17(2)9-18(3)11-21/h5-14H,15H2,1-4H3,(H,30,32,34)/b22-13+. The van der Waals surface area contributed by atoms with Crippen LogP contribution in [0.3, 0.4) is 0 Å². The van der Waals surface area contributed by atoms with Crippen molar-refractivity contribution in [2.24, 2.45) is 0 Å². The topological polar surface area (TPSA) is 75.7 Å². The minimum absolute atomic E-state index is 0.124. The number of hydrogen-bond donors (Lipinski definition) is 1. The fourth-order valence-corrected chi connectivity index (χ4v) is 4.55. The second-order valence-corrected chi connectivity index (χ2v) is 9.58. The molecule has 0 atom stereocenters. The molecule has 35 heavy (non-hydrogen) atoms. The summed E-state index contributed by atoms with van der Waals surface area (Å²) in [7, 11) is 0. The number of hydrogen-bond acceptors (Lipinski definition) is 4. The number of nitrogens with zero attached hydrogens (tertiary/aromatic N) is 1. The third-order valence-electron chi connectivity index (χ3n) is 5.65. The summed E-state index contributed by atoms with van der Waals surface area (Å²) in [5, 5.41) is 2.27. The van der Waals surface area contributed by atoms with Crippen molar-refractivity contribution in [3.63, 3.8) is 0 Å². The summed E-state index contributed by atoms with van der Waals surface area (Å²) in [6.07, 6.45) is 1.47. The van der Waals surface area contributed by atoms with Crippen LogP contribution in [0.4, 0.5) is 10.5 Å². The zero-order valence-corrected chi connectivity index (χ0v) is 21.5. The van der Waals surface area contributed by atoms with Gasteiger partial charge in [0, 0.05) is 0 Å². The molecular formula is C28H25BrN2O4. The number of imide groups is 2. The third kappa shape index (κ3) is 5.35. The van der Waals surface area contributed by atoms with E-state index < -0.39 is 17.8 Å². The summed E-state index contributed by atoms with van der Waals surface area (Å²) in [6, 6.07) is 16.3. The van der Waals surface area contributed by atoms with Crippen LogP contribution >= 0.6 is 15.9 Å². The fraction of sp³-hybridized carbons (Fsp3) is 0.179. The number of carbonyl (C=O) groups excluding carboxylic acids is 3. The van der Waals surface area contributed by atoms with E-state index in [0.29, 0.717) is 28.1 Å². The van der Waals surface area contributed by atoms with E-state index in [9.17, 15) is 14.4 Å². The summed E-state index contributed by atoms with van der Waals surface area (Å²) in [4.78, 5) is 39.3. The highest BCUT2D eigenvalue weighted by Gasteiger charge is 2.37. The van der Waals surface area contributed by atoms with Gasteiger partial charge in [0.1, 0.15) is 17.9 Å². The van der Waals surface area contributed by atoms with Gasteiger partial charge in [-0.3, -0.25) is 14.9 Å². The Labute approximate surface area is 212 Å². The zero-order valence-electron chi connectivity index (χ0n) is 19.9. The van der Waals surface area contributed by atoms with Gasteiger partial charge in [-0.1, -0.05) is 47.5 Å². The lowest BCUT2D eigenvalue weighted by Gasteiger charge is -2.27. The molecule has 0 saturated carbocycles. The Bertz CT molecular complexity index is 1370. The van der Waals surface area contributed by atoms with Gasteiger partial charge in [-0.25, -0.2) is 9.69 Å². The molecule has 0 spiro atoms. The van der Waals surface area contributed by atoms with Crippen LogP contribution in [0, 0.1) is 27.7 Å². The molecule has 1 fully saturated rings. The van der Waals surface area contributed by atoms with Crippen LogP contribution in [0.1, 0.15) is 33.4 Å². The van der Waals surface area contributed by atoms with Gasteiger partial charge < -0.3 is 4.74 Å². The molecule has 3 aromatic carbocycles. The van der Waals surface area contributed by atoms with Crippen LogP contribution < -0.4 is 15.0 Å². The Morgan fingerprint density at radius 1 is 0.886 bits per heavy atom. The number of rotatable bonds is 5. The van der Waals surface area contributed by atoms with Crippen molar-refractivity contribution < 1.29 is 19.1 Å². The predicted octanol–water partition coefficient (Wildman–Crippen LogP) is 5.93. The minimum Gasteiger partial charge on any atom is -0.488 e. The van der Waals surface area contributed by atoms with Gasteiger partial charge in [0.2, 0.25) is 0 Å². The first-order valence-corrected chi connectivity index (χ1v) is 11.9. The van der Waals surface area contributed by atoms with E-state index in [1.807, 2.05) is 39.8 Å². The largest absolute Gasteiger partial charge is 0.488 e. The van der Waals surface area contributed by atoms with E-state index in [0.717, 1.165) is 21.6 Å². The number of barbiturate groups is 1. The second kappa shape index (κ2) is 9.88. The zero-order chi connectivity index (χ0) is 25.3. The molecule has 1 N–H and O–H groups in total. The molecule has 6 nitrogen and oxygen atoms in total. The Kier molecular flexibility index (Phi) is 6.89. The van der Waals surface area contributed by atoms with Crippen LogP contribution in [0.5, 0.6) is 5.75 Å². The van der Waals surface area contributed by atoms with Crippen LogP contribution in [-0.2, 0) is 16.2 Å². The number of nitrogens with one attached hydrogen (secondary N) is 1. The number of anilines is 1. The van der Waals surface area contributed by atoms with Crippen LogP contribution in [0.2, 0.25) is 0 Å². The van der Waals surface area contributed by atoms with Crippen molar-refractivity contribution >= 4 is 45.5 Å². The Morgan fingerprint density at radius 3 is 2.29 bits per heavy atom. The number of amides is 4. The summed E-state index contributed by atoms with van der Waals surface area (Å²) >= 11 is 3.52. The van der Waals surface area contributed by atoms with Gasteiger partial charge in [0.15, 0.2) is 0 Å². The van der Waals surface area contributed by atoms with Crippen molar-refractivity contribution in [1.82, 2.24) is 5.32 Å². The first kappa shape index (κ1) is 24.4. The molecule has 4 rings (SSSR count). The second-order valence-electron chi connectivity index (χ2n) is 8.72. The smallest absolute Gasteiger partial charge is 0.335 e. The number of benzene rings is 3. The fourth-order valence-electron chi connectivity index (χ4n) is 4.04. The first-order valence-electron chi connectivity index (χ1n) is 11.1. The van der Waals surface area contributed by atoms with Crippen LogP contribution in [0.15, 0.2) is 64.6 Å². The highest BCUT2D eigenvalue weighted by molar-refractivity contribution is 9.10.